The molecule has 0 heterocycles. The summed E-state index contributed by atoms with van der Waals surface area (Å²) in [7, 11) is 0. The van der Waals surface area contributed by atoms with Crippen molar-refractivity contribution in [2.45, 2.75) is 142 Å². The molecule has 1 heteroatoms. The van der Waals surface area contributed by atoms with Crippen molar-refractivity contribution in [2.75, 3.05) is 0 Å². The zero-order valence-electron chi connectivity index (χ0n) is 18.2. The van der Waals surface area contributed by atoms with Gasteiger partial charge >= 0.3 is 0 Å². The van der Waals surface area contributed by atoms with Crippen molar-refractivity contribution in [3.63, 3.8) is 0 Å². The molecule has 0 saturated carbocycles. The van der Waals surface area contributed by atoms with E-state index in [1.165, 1.54) is 103 Å². The molecule has 0 bridgehead atoms. The van der Waals surface area contributed by atoms with E-state index in [0.717, 1.165) is 25.7 Å². The van der Waals surface area contributed by atoms with Gasteiger partial charge in [0.15, 0.2) is 0 Å². The molecule has 0 atom stereocenters. The van der Waals surface area contributed by atoms with Gasteiger partial charge in [0.05, 0.1) is 0 Å². The number of allylic oxidation sites excluding steroid dienone is 2. The van der Waals surface area contributed by atoms with Crippen LogP contribution in [0.15, 0.2) is 12.2 Å². The predicted molar refractivity (Wildman–Crippen MR) is 118 cm³/mol. The Morgan fingerprint density at radius 3 is 1.27 bits per heavy atom. The lowest BCUT2D eigenvalue weighted by Gasteiger charge is -2.02. The van der Waals surface area contributed by atoms with Crippen LogP contribution in [-0.2, 0) is 4.79 Å². The lowest BCUT2D eigenvalue weighted by molar-refractivity contribution is -0.119. The second kappa shape index (κ2) is 22.5. The normalized spacial score (nSPS) is 11.5. The quantitative estimate of drug-likeness (QED) is 0.147. The smallest absolute Gasteiger partial charge is 0.132 e. The molecule has 0 aromatic heterocycles. The topological polar surface area (TPSA) is 17.1 Å². The highest BCUT2D eigenvalue weighted by molar-refractivity contribution is 5.78. The van der Waals surface area contributed by atoms with Crippen LogP contribution in [0.25, 0.3) is 0 Å². The lowest BCUT2D eigenvalue weighted by atomic mass is 10.0. The first-order valence-electron chi connectivity index (χ1n) is 12.0. The Morgan fingerprint density at radius 1 is 0.500 bits per heavy atom. The minimum atomic E-state index is 0.499. The summed E-state index contributed by atoms with van der Waals surface area (Å²) in [6, 6.07) is 0. The van der Waals surface area contributed by atoms with Gasteiger partial charge in [-0.1, -0.05) is 103 Å². The van der Waals surface area contributed by atoms with Crippen LogP contribution < -0.4 is 0 Å². The van der Waals surface area contributed by atoms with Crippen LogP contribution in [0.5, 0.6) is 0 Å². The van der Waals surface area contributed by atoms with Gasteiger partial charge in [-0.2, -0.15) is 0 Å². The first-order valence-corrected chi connectivity index (χ1v) is 12.0. The van der Waals surface area contributed by atoms with Crippen LogP contribution in [0, 0.1) is 0 Å². The van der Waals surface area contributed by atoms with E-state index < -0.39 is 0 Å². The van der Waals surface area contributed by atoms with E-state index in [1.807, 2.05) is 0 Å². The third kappa shape index (κ3) is 21.5. The van der Waals surface area contributed by atoms with Crippen molar-refractivity contribution in [3.05, 3.63) is 12.2 Å². The number of rotatable bonds is 21. The monoisotopic (exact) mass is 364 g/mol. The van der Waals surface area contributed by atoms with Crippen LogP contribution in [0.3, 0.4) is 0 Å². The summed E-state index contributed by atoms with van der Waals surface area (Å²) >= 11 is 0. The SMILES string of the molecule is CCCCCCCC/C=C\CCCCCCCC(=O)CCCCCCC. The van der Waals surface area contributed by atoms with Crippen LogP contribution in [0.2, 0.25) is 0 Å². The van der Waals surface area contributed by atoms with E-state index in [-0.39, 0.29) is 0 Å². The summed E-state index contributed by atoms with van der Waals surface area (Å²) in [6.07, 6.45) is 29.9. The number of Topliss-reactive ketones (excluding diaryl/α,β-unsaturated/α-hetero) is 1. The lowest BCUT2D eigenvalue weighted by Crippen LogP contribution is -1.97. The molecule has 154 valence electrons. The average Bonchev–Trinajstić information content (AvgIpc) is 2.64. The molecule has 0 aromatic carbocycles. The highest BCUT2D eigenvalue weighted by Crippen LogP contribution is 2.12. The Balaban J connectivity index is 3.18. The summed E-state index contributed by atoms with van der Waals surface area (Å²) in [6.45, 7) is 4.51. The van der Waals surface area contributed by atoms with Crippen LogP contribution in [0.1, 0.15) is 142 Å². The first kappa shape index (κ1) is 25.4. The number of carbonyl (C=O) groups excluding carboxylic acids is 1. The number of hydrogen-bond acceptors (Lipinski definition) is 1. The highest BCUT2D eigenvalue weighted by Gasteiger charge is 2.01. The number of ketones is 1. The predicted octanol–water partition coefficient (Wildman–Crippen LogP) is 8.95. The fraction of sp³-hybridized carbons (Fsp3) is 0.880. The van der Waals surface area contributed by atoms with Crippen LogP contribution in [-0.4, -0.2) is 5.78 Å². The van der Waals surface area contributed by atoms with Gasteiger partial charge in [0.25, 0.3) is 0 Å². The molecule has 0 N–H and O–H groups in total. The molecule has 0 saturated heterocycles. The molecule has 0 unspecified atom stereocenters. The van der Waals surface area contributed by atoms with E-state index in [1.54, 1.807) is 0 Å². The average molecular weight is 365 g/mol. The summed E-state index contributed by atoms with van der Waals surface area (Å²) in [4.78, 5) is 11.8. The third-order valence-corrected chi connectivity index (χ3v) is 5.28. The molecule has 0 radical (unpaired) electrons. The van der Waals surface area contributed by atoms with Gasteiger partial charge in [-0.25, -0.2) is 0 Å². The van der Waals surface area contributed by atoms with E-state index in [9.17, 15) is 4.79 Å². The van der Waals surface area contributed by atoms with Gasteiger partial charge in [0.2, 0.25) is 0 Å². The molecule has 0 spiro atoms. The molecule has 0 aliphatic heterocycles. The zero-order valence-corrected chi connectivity index (χ0v) is 18.2. The maximum atomic E-state index is 11.8. The molecule has 1 nitrogen and oxygen atoms in total. The summed E-state index contributed by atoms with van der Waals surface area (Å²) < 4.78 is 0. The minimum Gasteiger partial charge on any atom is -0.300 e. The Labute approximate surface area is 165 Å². The molecule has 0 amide bonds. The van der Waals surface area contributed by atoms with Gasteiger partial charge in [-0.05, 0) is 38.5 Å². The Bertz CT molecular complexity index is 305. The van der Waals surface area contributed by atoms with E-state index in [0.29, 0.717) is 5.78 Å². The molecule has 0 aliphatic carbocycles. The third-order valence-electron chi connectivity index (χ3n) is 5.28. The molecule has 0 fully saturated rings. The Morgan fingerprint density at radius 2 is 0.846 bits per heavy atom. The van der Waals surface area contributed by atoms with Gasteiger partial charge in [0.1, 0.15) is 5.78 Å². The summed E-state index contributed by atoms with van der Waals surface area (Å²) in [5.74, 6) is 0.499. The molecule has 0 aliphatic rings. The number of unbranched alkanes of at least 4 members (excludes halogenated alkanes) is 15. The van der Waals surface area contributed by atoms with Crippen LogP contribution >= 0.6 is 0 Å². The van der Waals surface area contributed by atoms with E-state index >= 15 is 0 Å². The molecular formula is C25H48O. The van der Waals surface area contributed by atoms with Crippen molar-refractivity contribution in [1.82, 2.24) is 0 Å². The van der Waals surface area contributed by atoms with Crippen molar-refractivity contribution in [1.29, 1.82) is 0 Å². The second-order valence-electron chi connectivity index (χ2n) is 8.04. The maximum absolute atomic E-state index is 11.8. The highest BCUT2D eigenvalue weighted by atomic mass is 16.1. The van der Waals surface area contributed by atoms with Crippen LogP contribution in [0.4, 0.5) is 0 Å². The van der Waals surface area contributed by atoms with E-state index in [2.05, 4.69) is 26.0 Å². The summed E-state index contributed by atoms with van der Waals surface area (Å²) in [5, 5.41) is 0. The second-order valence-corrected chi connectivity index (χ2v) is 8.04. The zero-order chi connectivity index (χ0) is 19.1. The first-order chi connectivity index (χ1) is 12.8. The van der Waals surface area contributed by atoms with Crippen molar-refractivity contribution in [3.8, 4) is 0 Å². The largest absolute Gasteiger partial charge is 0.300 e. The molecule has 0 aromatic rings. The Hall–Kier alpha value is -0.590. The van der Waals surface area contributed by atoms with E-state index in [4.69, 9.17) is 0 Å². The van der Waals surface area contributed by atoms with Gasteiger partial charge < -0.3 is 0 Å². The molecular weight excluding hydrogens is 316 g/mol. The van der Waals surface area contributed by atoms with Crippen molar-refractivity contribution >= 4 is 5.78 Å². The minimum absolute atomic E-state index is 0.499. The molecule has 0 rings (SSSR count). The van der Waals surface area contributed by atoms with Crippen molar-refractivity contribution in [2.24, 2.45) is 0 Å². The number of hydrogen-bond donors (Lipinski definition) is 0. The number of carbonyl (C=O) groups is 1. The van der Waals surface area contributed by atoms with Gasteiger partial charge in [-0.3, -0.25) is 4.79 Å². The van der Waals surface area contributed by atoms with Gasteiger partial charge in [-0.15, -0.1) is 0 Å². The molecule has 26 heavy (non-hydrogen) atoms. The summed E-state index contributed by atoms with van der Waals surface area (Å²) in [5.41, 5.74) is 0. The fourth-order valence-corrected chi connectivity index (χ4v) is 3.44. The standard InChI is InChI=1S/C25H48O/c1-3-5-7-9-10-11-12-13-14-15-16-17-18-20-22-24-25(26)23-21-19-8-6-4-2/h13-14H,3-12,15-24H2,1-2H3/b14-13-. The van der Waals surface area contributed by atoms with Gasteiger partial charge in [0, 0.05) is 12.8 Å². The fourth-order valence-electron chi connectivity index (χ4n) is 3.44. The van der Waals surface area contributed by atoms with Crippen molar-refractivity contribution < 1.29 is 4.79 Å². The maximum Gasteiger partial charge on any atom is 0.132 e. The Kier molecular flexibility index (Phi) is 21.9.